The molecule has 0 aliphatic heterocycles. The molecule has 0 spiro atoms. The Balaban J connectivity index is 1.87. The highest BCUT2D eigenvalue weighted by atomic mass is 32.2. The number of alkyl carbamates (subject to hydrolysis) is 1. The summed E-state index contributed by atoms with van der Waals surface area (Å²) in [7, 11) is -3.97. The van der Waals surface area contributed by atoms with Crippen molar-refractivity contribution in [2.24, 2.45) is 0 Å². The Hall–Kier alpha value is -3.35. The van der Waals surface area contributed by atoms with Crippen molar-refractivity contribution < 1.29 is 32.2 Å². The molecule has 232 valence electrons. The van der Waals surface area contributed by atoms with Gasteiger partial charge in [0, 0.05) is 0 Å². The molecule has 3 aromatic rings. The van der Waals surface area contributed by atoms with Crippen molar-refractivity contribution in [1.29, 1.82) is 5.41 Å². The number of aryl methyl sites for hydroxylation is 1. The monoisotopic (exact) mass is 646 g/mol. The molecular formula is C31H38N2O7S3. The van der Waals surface area contributed by atoms with Gasteiger partial charge in [-0.25, -0.2) is 18.0 Å². The number of sulfone groups is 1. The van der Waals surface area contributed by atoms with Crippen molar-refractivity contribution in [3.63, 3.8) is 0 Å². The Morgan fingerprint density at radius 3 is 2.21 bits per heavy atom. The molecule has 0 fully saturated rings. The minimum atomic E-state index is -3.97. The standard InChI is InChI=1S/C31H38N2O7S3/c1-18-15-21(38-19(2)27(34)39-30(3,4)5)13-14-23(18)20-11-10-12-22(16-20)43(36,37)25-17-24(42-28(25)41-9)26(32)33-29(35)40-31(6,7)8/h10-17,19H,1-9H3,(H2,32,33,35). The Kier molecular flexibility index (Phi) is 10.4. The topological polar surface area (TPSA) is 132 Å². The van der Waals surface area contributed by atoms with E-state index in [4.69, 9.17) is 19.6 Å². The molecule has 2 N–H and O–H groups in total. The number of amidine groups is 1. The van der Waals surface area contributed by atoms with Gasteiger partial charge in [0.05, 0.1) is 18.9 Å². The second kappa shape index (κ2) is 13.1. The number of nitrogens with one attached hydrogen (secondary N) is 2. The number of carbonyl (C=O) groups is 2. The van der Waals surface area contributed by atoms with Crippen molar-refractivity contribution in [2.45, 2.75) is 86.7 Å². The summed E-state index contributed by atoms with van der Waals surface area (Å²) in [5.41, 5.74) is 0.945. The van der Waals surface area contributed by atoms with Crippen LogP contribution in [0.15, 0.2) is 62.5 Å². The fourth-order valence-corrected chi connectivity index (χ4v) is 7.85. The average molecular weight is 647 g/mol. The lowest BCUT2D eigenvalue weighted by Gasteiger charge is -2.23. The molecule has 43 heavy (non-hydrogen) atoms. The van der Waals surface area contributed by atoms with Gasteiger partial charge in [0.2, 0.25) is 9.84 Å². The minimum absolute atomic E-state index is 0.0597. The van der Waals surface area contributed by atoms with Gasteiger partial charge in [0.15, 0.2) is 6.10 Å². The smallest absolute Gasteiger partial charge is 0.413 e. The molecule has 0 aliphatic rings. The van der Waals surface area contributed by atoms with Crippen molar-refractivity contribution in [2.75, 3.05) is 6.26 Å². The third-order valence-electron chi connectivity index (χ3n) is 5.72. The van der Waals surface area contributed by atoms with Crippen molar-refractivity contribution in [1.82, 2.24) is 5.32 Å². The number of esters is 1. The van der Waals surface area contributed by atoms with Crippen LogP contribution in [0, 0.1) is 12.3 Å². The van der Waals surface area contributed by atoms with E-state index >= 15 is 0 Å². The Morgan fingerprint density at radius 1 is 0.977 bits per heavy atom. The molecular weight excluding hydrogens is 609 g/mol. The van der Waals surface area contributed by atoms with Crippen LogP contribution in [-0.2, 0) is 24.1 Å². The Bertz CT molecular complexity index is 1630. The summed E-state index contributed by atoms with van der Waals surface area (Å²) in [6.07, 6.45) is 0.159. The van der Waals surface area contributed by atoms with Crippen LogP contribution in [0.25, 0.3) is 11.1 Å². The van der Waals surface area contributed by atoms with Gasteiger partial charge < -0.3 is 14.2 Å². The van der Waals surface area contributed by atoms with E-state index in [1.165, 1.54) is 23.9 Å². The van der Waals surface area contributed by atoms with Crippen LogP contribution in [0.5, 0.6) is 5.75 Å². The summed E-state index contributed by atoms with van der Waals surface area (Å²) in [5, 5.41) is 10.7. The van der Waals surface area contributed by atoms with E-state index < -0.39 is 39.2 Å². The predicted molar refractivity (Wildman–Crippen MR) is 170 cm³/mol. The summed E-state index contributed by atoms with van der Waals surface area (Å²) in [6.45, 7) is 14.0. The first kappa shape index (κ1) is 34.1. The lowest BCUT2D eigenvalue weighted by atomic mass is 10.0. The highest BCUT2D eigenvalue weighted by Crippen LogP contribution is 2.38. The van der Waals surface area contributed by atoms with Gasteiger partial charge in [-0.05, 0) is 109 Å². The minimum Gasteiger partial charge on any atom is -0.479 e. The lowest BCUT2D eigenvalue weighted by Crippen LogP contribution is -2.36. The molecule has 9 nitrogen and oxygen atoms in total. The van der Waals surface area contributed by atoms with E-state index in [0.29, 0.717) is 15.5 Å². The zero-order valence-electron chi connectivity index (χ0n) is 25.8. The molecule has 0 bridgehead atoms. The van der Waals surface area contributed by atoms with Crippen LogP contribution < -0.4 is 10.1 Å². The summed E-state index contributed by atoms with van der Waals surface area (Å²) < 4.78 is 44.5. The number of hydrogen-bond acceptors (Lipinski definition) is 10. The number of thioether (sulfide) groups is 1. The first-order valence-electron chi connectivity index (χ1n) is 13.4. The third-order valence-corrected chi connectivity index (χ3v) is 10.0. The van der Waals surface area contributed by atoms with Gasteiger partial charge >= 0.3 is 12.1 Å². The zero-order valence-corrected chi connectivity index (χ0v) is 28.2. The van der Waals surface area contributed by atoms with Crippen LogP contribution in [0.2, 0.25) is 0 Å². The van der Waals surface area contributed by atoms with E-state index in [-0.39, 0.29) is 20.5 Å². The summed E-state index contributed by atoms with van der Waals surface area (Å²) in [6, 6.07) is 13.4. The summed E-state index contributed by atoms with van der Waals surface area (Å²) in [5.74, 6) is -0.228. The molecule has 0 radical (unpaired) electrons. The van der Waals surface area contributed by atoms with Crippen LogP contribution in [0.3, 0.4) is 0 Å². The third kappa shape index (κ3) is 9.07. The van der Waals surface area contributed by atoms with Crippen LogP contribution in [-0.4, -0.2) is 49.9 Å². The van der Waals surface area contributed by atoms with Gasteiger partial charge in [-0.1, -0.05) is 18.2 Å². The Labute approximate surface area is 261 Å². The maximum Gasteiger partial charge on any atom is 0.413 e. The van der Waals surface area contributed by atoms with E-state index in [1.54, 1.807) is 79.0 Å². The van der Waals surface area contributed by atoms with E-state index in [2.05, 4.69) is 5.32 Å². The second-order valence-corrected chi connectivity index (χ2v) is 15.8. The molecule has 1 amide bonds. The highest BCUT2D eigenvalue weighted by molar-refractivity contribution is 8.01. The fourth-order valence-electron chi connectivity index (χ4n) is 3.91. The SMILES string of the molecule is CSc1sc(C(=N)NC(=O)OC(C)(C)C)cc1S(=O)(=O)c1cccc(-c2ccc(OC(C)C(=O)OC(C)(C)C)cc2C)c1. The van der Waals surface area contributed by atoms with Gasteiger partial charge in [-0.3, -0.25) is 10.7 Å². The normalized spacial score (nSPS) is 12.8. The molecule has 0 saturated heterocycles. The number of carbonyl (C=O) groups excluding carboxylic acids is 2. The van der Waals surface area contributed by atoms with Crippen LogP contribution in [0.1, 0.15) is 58.9 Å². The highest BCUT2D eigenvalue weighted by Gasteiger charge is 2.27. The number of benzene rings is 2. The largest absolute Gasteiger partial charge is 0.479 e. The fraction of sp³-hybridized carbons (Fsp3) is 0.387. The zero-order chi connectivity index (χ0) is 32.3. The van der Waals surface area contributed by atoms with Gasteiger partial charge in [-0.15, -0.1) is 23.1 Å². The summed E-state index contributed by atoms with van der Waals surface area (Å²) in [4.78, 5) is 24.9. The van der Waals surface area contributed by atoms with Crippen LogP contribution >= 0.6 is 23.1 Å². The van der Waals surface area contributed by atoms with Crippen molar-refractivity contribution in [3.8, 4) is 16.9 Å². The van der Waals surface area contributed by atoms with E-state index in [9.17, 15) is 18.0 Å². The average Bonchev–Trinajstić information content (AvgIpc) is 3.32. The van der Waals surface area contributed by atoms with Crippen molar-refractivity contribution in [3.05, 3.63) is 59.0 Å². The maximum absolute atomic E-state index is 13.8. The number of hydrogen-bond donors (Lipinski definition) is 2. The lowest BCUT2D eigenvalue weighted by molar-refractivity contribution is -0.162. The number of ether oxygens (including phenoxy) is 3. The maximum atomic E-state index is 13.8. The molecule has 1 aromatic heterocycles. The molecule has 1 heterocycles. The van der Waals surface area contributed by atoms with E-state index in [1.807, 2.05) is 19.1 Å². The van der Waals surface area contributed by atoms with Crippen LogP contribution in [0.4, 0.5) is 4.79 Å². The molecule has 2 aromatic carbocycles. The quantitative estimate of drug-likeness (QED) is 0.113. The summed E-state index contributed by atoms with van der Waals surface area (Å²) >= 11 is 2.36. The van der Waals surface area contributed by atoms with Gasteiger partial charge in [0.25, 0.3) is 0 Å². The molecule has 3 rings (SSSR count). The van der Waals surface area contributed by atoms with E-state index in [0.717, 1.165) is 22.5 Å². The van der Waals surface area contributed by atoms with Crippen molar-refractivity contribution >= 4 is 50.8 Å². The molecule has 0 saturated carbocycles. The first-order chi connectivity index (χ1) is 19.8. The first-order valence-corrected chi connectivity index (χ1v) is 17.0. The van der Waals surface area contributed by atoms with Gasteiger partial charge in [-0.2, -0.15) is 0 Å². The predicted octanol–water partition coefficient (Wildman–Crippen LogP) is 7.24. The second-order valence-electron chi connectivity index (χ2n) is 11.8. The number of thiophene rings is 1. The molecule has 0 aliphatic carbocycles. The molecule has 1 unspecified atom stereocenters. The molecule has 1 atom stereocenters. The Morgan fingerprint density at radius 2 is 1.63 bits per heavy atom. The molecule has 12 heteroatoms. The number of amides is 1. The van der Waals surface area contributed by atoms with Gasteiger partial charge in [0.1, 0.15) is 22.8 Å². The number of rotatable bonds is 8.